The molecule has 0 atom stereocenters. The van der Waals surface area contributed by atoms with Gasteiger partial charge in [-0.25, -0.2) is 0 Å². The van der Waals surface area contributed by atoms with E-state index >= 15 is 0 Å². The largest absolute Gasteiger partial charge is 0.501 e. The number of benzene rings is 7. The van der Waals surface area contributed by atoms with Gasteiger partial charge in [0.05, 0.1) is 36.2 Å². The van der Waals surface area contributed by atoms with E-state index in [-0.39, 0.29) is 31.4 Å². The Morgan fingerprint density at radius 3 is 2.21 bits per heavy atom. The van der Waals surface area contributed by atoms with Crippen molar-refractivity contribution >= 4 is 57.0 Å². The van der Waals surface area contributed by atoms with Gasteiger partial charge in [-0.05, 0) is 57.7 Å². The second-order valence-electron chi connectivity index (χ2n) is 18.4. The van der Waals surface area contributed by atoms with Crippen LogP contribution in [-0.2, 0) is 31.9 Å². The standard InChI is InChI=1S/C35H21N2O.C22H32NSi.Ir/c1-2-11-23(12-3-1)26-22-21-24-13-4-5-14-25(24)33(26)37-31-19-8-7-18-30(31)36-35(37)29-17-10-16-28-27-15-6-9-20-32(27)38-34(28)29;1-16(2)12-18-14-20(23-15-21(18)24(6,7)8)17-10-9-11-19(13-17)22(3,4)5;/h1-16,18-22H;9,11,13-16H,12H2,1-8H3;/q2*-1;/i;12D2;. The predicted octanol–water partition coefficient (Wildman–Crippen LogP) is 14.8. The minimum atomic E-state index is -1.71. The molecule has 0 unspecified atom stereocenters. The first kappa shape index (κ1) is 41.1. The van der Waals surface area contributed by atoms with Crippen LogP contribution >= 0.6 is 0 Å². The van der Waals surface area contributed by atoms with Crippen LogP contribution in [0.5, 0.6) is 0 Å². The summed E-state index contributed by atoms with van der Waals surface area (Å²) in [4.78, 5) is 9.90. The fourth-order valence-corrected chi connectivity index (χ4v) is 9.74. The first-order valence-electron chi connectivity index (χ1n) is 22.5. The molecule has 10 aromatic rings. The van der Waals surface area contributed by atoms with Gasteiger partial charge >= 0.3 is 0 Å². The minimum absolute atomic E-state index is 0. The van der Waals surface area contributed by atoms with Gasteiger partial charge in [-0.2, -0.15) is 0 Å². The van der Waals surface area contributed by atoms with Gasteiger partial charge in [-0.15, -0.1) is 53.6 Å². The van der Waals surface area contributed by atoms with Crippen LogP contribution in [0.25, 0.3) is 83.2 Å². The molecule has 0 aliphatic rings. The maximum atomic E-state index is 8.69. The maximum Gasteiger partial charge on any atom is 0.120 e. The van der Waals surface area contributed by atoms with Crippen LogP contribution in [0, 0.1) is 18.1 Å². The van der Waals surface area contributed by atoms with E-state index in [2.05, 4.69) is 166 Å². The van der Waals surface area contributed by atoms with Crippen LogP contribution in [-0.4, -0.2) is 22.6 Å². The maximum absolute atomic E-state index is 8.69. The van der Waals surface area contributed by atoms with Crippen molar-refractivity contribution in [2.45, 2.75) is 66.0 Å². The minimum Gasteiger partial charge on any atom is -0.501 e. The average molecular weight is 1020 g/mol. The number of aromatic nitrogens is 3. The molecule has 10 rings (SSSR count). The monoisotopic (exact) mass is 1020 g/mol. The molecule has 0 spiro atoms. The third-order valence-corrected chi connectivity index (χ3v) is 13.4. The number of rotatable bonds is 7. The number of hydrogen-bond acceptors (Lipinski definition) is 3. The summed E-state index contributed by atoms with van der Waals surface area (Å²) in [5, 5.41) is 5.60. The summed E-state index contributed by atoms with van der Waals surface area (Å²) in [5.41, 5.74) is 11.7. The van der Waals surface area contributed by atoms with Gasteiger partial charge in [0.25, 0.3) is 0 Å². The van der Waals surface area contributed by atoms with E-state index in [1.807, 2.05) is 62.5 Å². The molecular formula is C57H53IrN3OSi-2. The molecule has 317 valence electrons. The van der Waals surface area contributed by atoms with Crippen LogP contribution in [0.2, 0.25) is 19.6 Å². The van der Waals surface area contributed by atoms with Crippen molar-refractivity contribution in [1.29, 1.82) is 0 Å². The van der Waals surface area contributed by atoms with Crippen molar-refractivity contribution in [3.05, 3.63) is 181 Å². The first-order chi connectivity index (χ1) is 30.6. The molecule has 0 aliphatic carbocycles. The molecule has 0 bridgehead atoms. The fraction of sp³-hybridized carbons (Fsp3) is 0.193. The number of para-hydroxylation sites is 3. The van der Waals surface area contributed by atoms with Gasteiger partial charge in [0.2, 0.25) is 0 Å². The summed E-state index contributed by atoms with van der Waals surface area (Å²) < 4.78 is 26.1. The van der Waals surface area contributed by atoms with Gasteiger partial charge < -0.3 is 14.0 Å². The summed E-state index contributed by atoms with van der Waals surface area (Å²) in [6.45, 7) is 17.2. The molecule has 0 fully saturated rings. The predicted molar refractivity (Wildman–Crippen MR) is 264 cm³/mol. The molecule has 0 aliphatic heterocycles. The Bertz CT molecular complexity index is 3320. The normalized spacial score (nSPS) is 12.6. The second-order valence-corrected chi connectivity index (χ2v) is 23.4. The van der Waals surface area contributed by atoms with Crippen molar-refractivity contribution in [3.63, 3.8) is 0 Å². The fourth-order valence-electron chi connectivity index (χ4n) is 8.33. The Balaban J connectivity index is 0.000000189. The first-order valence-corrected chi connectivity index (χ1v) is 25.0. The summed E-state index contributed by atoms with van der Waals surface area (Å²) in [6.07, 6.45) is 0.531. The van der Waals surface area contributed by atoms with E-state index in [0.717, 1.165) is 88.6 Å². The molecule has 4 nitrogen and oxygen atoms in total. The van der Waals surface area contributed by atoms with Gasteiger partial charge in [-0.3, -0.25) is 4.98 Å². The molecule has 0 saturated heterocycles. The Labute approximate surface area is 389 Å². The van der Waals surface area contributed by atoms with Crippen LogP contribution in [0.1, 0.15) is 48.5 Å². The summed E-state index contributed by atoms with van der Waals surface area (Å²) in [7, 11) is -1.71. The summed E-state index contributed by atoms with van der Waals surface area (Å²) >= 11 is 0. The Morgan fingerprint density at radius 2 is 1.44 bits per heavy atom. The van der Waals surface area contributed by atoms with Crippen LogP contribution in [0.15, 0.2) is 162 Å². The van der Waals surface area contributed by atoms with E-state index in [1.165, 1.54) is 10.9 Å². The molecule has 6 heteroatoms. The Morgan fingerprint density at radius 1 is 0.746 bits per heavy atom. The number of imidazole rings is 1. The van der Waals surface area contributed by atoms with Crippen molar-refractivity contribution in [3.8, 4) is 39.5 Å². The molecule has 3 aromatic heterocycles. The van der Waals surface area contributed by atoms with Crippen LogP contribution in [0.4, 0.5) is 0 Å². The summed E-state index contributed by atoms with van der Waals surface area (Å²) in [6, 6.07) is 59.0. The Hall–Kier alpha value is -5.91. The van der Waals surface area contributed by atoms with E-state index in [1.54, 1.807) is 0 Å². The average Bonchev–Trinajstić information content (AvgIpc) is 3.87. The molecule has 3 heterocycles. The number of furan rings is 1. The Kier molecular flexibility index (Phi) is 11.5. The number of hydrogen-bond donors (Lipinski definition) is 0. The topological polar surface area (TPSA) is 43.9 Å². The number of fused-ring (bicyclic) bond motifs is 5. The molecular weight excluding hydrogens is 963 g/mol. The second kappa shape index (κ2) is 17.7. The zero-order valence-corrected chi connectivity index (χ0v) is 40.6. The van der Waals surface area contributed by atoms with E-state index in [4.69, 9.17) is 17.1 Å². The molecule has 0 saturated carbocycles. The van der Waals surface area contributed by atoms with Crippen molar-refractivity contribution in [1.82, 2.24) is 14.5 Å². The number of nitrogens with zero attached hydrogens (tertiary/aromatic N) is 3. The van der Waals surface area contributed by atoms with Crippen LogP contribution in [0.3, 0.4) is 0 Å². The van der Waals surface area contributed by atoms with Crippen molar-refractivity contribution in [2.24, 2.45) is 5.92 Å². The zero-order chi connectivity index (χ0) is 45.0. The number of pyridine rings is 1. The summed E-state index contributed by atoms with van der Waals surface area (Å²) in [5.74, 6) is 0.710. The van der Waals surface area contributed by atoms with Gasteiger partial charge in [-0.1, -0.05) is 174 Å². The zero-order valence-electron chi connectivity index (χ0n) is 39.2. The molecule has 1 radical (unpaired) electrons. The SMILES string of the molecule is [2H]C([2H])(c1cc(-c2[c-]ccc(C(C)(C)C)c2)ncc1[Si](C)(C)C)C(C)C.[Ir].[c-]1ccc2c(oc3ccccc32)c1-c1nc2ccccc2n1-c1c(-c2ccccc2)ccc2ccccc12. The van der Waals surface area contributed by atoms with Gasteiger partial charge in [0.1, 0.15) is 5.58 Å². The van der Waals surface area contributed by atoms with E-state index < -0.39 is 14.4 Å². The van der Waals surface area contributed by atoms with Gasteiger partial charge in [0.15, 0.2) is 0 Å². The van der Waals surface area contributed by atoms with Crippen LogP contribution < -0.4 is 5.19 Å². The van der Waals surface area contributed by atoms with E-state index in [0.29, 0.717) is 0 Å². The van der Waals surface area contributed by atoms with Crippen molar-refractivity contribution in [2.75, 3.05) is 0 Å². The third kappa shape index (κ3) is 8.73. The van der Waals surface area contributed by atoms with Crippen molar-refractivity contribution < 1.29 is 27.3 Å². The third-order valence-electron chi connectivity index (χ3n) is 11.4. The van der Waals surface area contributed by atoms with E-state index in [9.17, 15) is 0 Å². The van der Waals surface area contributed by atoms with Gasteiger partial charge in [0, 0.05) is 45.4 Å². The molecule has 7 aromatic carbocycles. The molecule has 0 N–H and O–H groups in total. The molecule has 0 amide bonds. The smallest absolute Gasteiger partial charge is 0.120 e. The molecule has 63 heavy (non-hydrogen) atoms. The quantitative estimate of drug-likeness (QED) is 0.118.